The minimum Gasteiger partial charge on any atom is -0.326 e. The third kappa shape index (κ3) is 4.62. The molecule has 18 heavy (non-hydrogen) atoms. The van der Waals surface area contributed by atoms with E-state index in [1.165, 1.54) is 0 Å². The molecule has 0 spiro atoms. The van der Waals surface area contributed by atoms with Crippen LogP contribution in [0.3, 0.4) is 0 Å². The van der Waals surface area contributed by atoms with Crippen molar-refractivity contribution in [3.63, 3.8) is 0 Å². The SMILES string of the molecule is CC(C)(C)c1cc(Br)ccc1NC(=O)CCCCl. The second-order valence-corrected chi connectivity index (χ2v) is 6.57. The van der Waals surface area contributed by atoms with Crippen LogP contribution in [0.25, 0.3) is 0 Å². The number of alkyl halides is 1. The standard InChI is InChI=1S/C14H19BrClNO/c1-14(2,3)11-9-10(15)6-7-12(11)17-13(18)5-4-8-16/h6-7,9H,4-5,8H2,1-3H3,(H,17,18). The molecule has 1 aromatic carbocycles. The topological polar surface area (TPSA) is 29.1 Å². The fourth-order valence-corrected chi connectivity index (χ4v) is 2.18. The molecule has 2 nitrogen and oxygen atoms in total. The number of anilines is 1. The number of carbonyl (C=O) groups excluding carboxylic acids is 1. The van der Waals surface area contributed by atoms with Crippen LogP contribution in [0.2, 0.25) is 0 Å². The van der Waals surface area contributed by atoms with E-state index >= 15 is 0 Å². The van der Waals surface area contributed by atoms with Gasteiger partial charge in [0.1, 0.15) is 0 Å². The molecule has 0 heterocycles. The van der Waals surface area contributed by atoms with Crippen LogP contribution < -0.4 is 5.32 Å². The molecule has 1 rings (SSSR count). The van der Waals surface area contributed by atoms with Crippen molar-refractivity contribution < 1.29 is 4.79 Å². The number of rotatable bonds is 4. The van der Waals surface area contributed by atoms with Crippen molar-refractivity contribution >= 4 is 39.1 Å². The fraction of sp³-hybridized carbons (Fsp3) is 0.500. The molecule has 0 bridgehead atoms. The summed E-state index contributed by atoms with van der Waals surface area (Å²) < 4.78 is 1.02. The van der Waals surface area contributed by atoms with E-state index in [0.29, 0.717) is 18.7 Å². The van der Waals surface area contributed by atoms with E-state index in [0.717, 1.165) is 15.7 Å². The van der Waals surface area contributed by atoms with Crippen LogP contribution in [-0.2, 0) is 10.2 Å². The molecule has 1 N–H and O–H groups in total. The molecule has 1 aromatic rings. The molecule has 0 saturated carbocycles. The van der Waals surface area contributed by atoms with E-state index < -0.39 is 0 Å². The Morgan fingerprint density at radius 1 is 1.39 bits per heavy atom. The maximum atomic E-state index is 11.8. The molecule has 100 valence electrons. The molecule has 0 aliphatic rings. The molecular formula is C14H19BrClNO. The zero-order valence-corrected chi connectivity index (χ0v) is 13.4. The highest BCUT2D eigenvalue weighted by molar-refractivity contribution is 9.10. The Labute approximate surface area is 122 Å². The summed E-state index contributed by atoms with van der Waals surface area (Å²) in [6.45, 7) is 6.38. The predicted octanol–water partition coefficient (Wildman–Crippen LogP) is 4.70. The second kappa shape index (κ2) is 6.58. The van der Waals surface area contributed by atoms with Crippen LogP contribution in [0.4, 0.5) is 5.69 Å². The fourth-order valence-electron chi connectivity index (χ4n) is 1.69. The van der Waals surface area contributed by atoms with Crippen LogP contribution in [0.5, 0.6) is 0 Å². The number of amides is 1. The summed E-state index contributed by atoms with van der Waals surface area (Å²) in [5, 5.41) is 2.96. The molecule has 0 aliphatic carbocycles. The molecule has 0 fully saturated rings. The van der Waals surface area contributed by atoms with Gasteiger partial charge in [-0.2, -0.15) is 0 Å². The Morgan fingerprint density at radius 2 is 2.06 bits per heavy atom. The molecule has 4 heteroatoms. The van der Waals surface area contributed by atoms with Crippen molar-refractivity contribution in [2.45, 2.75) is 39.0 Å². The summed E-state index contributed by atoms with van der Waals surface area (Å²) in [6, 6.07) is 5.92. The van der Waals surface area contributed by atoms with Gasteiger partial charge in [0.15, 0.2) is 0 Å². The summed E-state index contributed by atoms with van der Waals surface area (Å²) in [5.74, 6) is 0.531. The van der Waals surface area contributed by atoms with Gasteiger partial charge in [0.2, 0.25) is 5.91 Å². The van der Waals surface area contributed by atoms with E-state index in [4.69, 9.17) is 11.6 Å². The third-order valence-electron chi connectivity index (χ3n) is 2.60. The smallest absolute Gasteiger partial charge is 0.224 e. The molecule has 0 saturated heterocycles. The van der Waals surface area contributed by atoms with Crippen molar-refractivity contribution in [3.05, 3.63) is 28.2 Å². The third-order valence-corrected chi connectivity index (χ3v) is 3.36. The minimum atomic E-state index is -0.0150. The molecule has 0 aromatic heterocycles. The lowest BCUT2D eigenvalue weighted by molar-refractivity contribution is -0.116. The summed E-state index contributed by atoms with van der Waals surface area (Å²) in [6.07, 6.45) is 1.16. The van der Waals surface area contributed by atoms with Crippen molar-refractivity contribution in [3.8, 4) is 0 Å². The zero-order chi connectivity index (χ0) is 13.8. The van der Waals surface area contributed by atoms with E-state index in [1.54, 1.807) is 0 Å². The summed E-state index contributed by atoms with van der Waals surface area (Å²) in [5.41, 5.74) is 1.99. The quantitative estimate of drug-likeness (QED) is 0.795. The first-order valence-electron chi connectivity index (χ1n) is 6.00. The number of carbonyl (C=O) groups is 1. The maximum Gasteiger partial charge on any atom is 0.224 e. The van der Waals surface area contributed by atoms with Crippen LogP contribution >= 0.6 is 27.5 Å². The number of nitrogens with one attached hydrogen (secondary N) is 1. The van der Waals surface area contributed by atoms with Crippen molar-refractivity contribution in [1.82, 2.24) is 0 Å². The summed E-state index contributed by atoms with van der Waals surface area (Å²) in [7, 11) is 0. The Kier molecular flexibility index (Phi) is 5.67. The maximum absolute atomic E-state index is 11.8. The average molecular weight is 333 g/mol. The van der Waals surface area contributed by atoms with Gasteiger partial charge in [-0.15, -0.1) is 11.6 Å². The van der Waals surface area contributed by atoms with Gasteiger partial charge in [0.25, 0.3) is 0 Å². The highest BCUT2D eigenvalue weighted by Gasteiger charge is 2.19. The number of benzene rings is 1. The van der Waals surface area contributed by atoms with Crippen molar-refractivity contribution in [2.24, 2.45) is 0 Å². The lowest BCUT2D eigenvalue weighted by Crippen LogP contribution is -2.18. The first-order valence-corrected chi connectivity index (χ1v) is 7.33. The molecule has 1 amide bonds. The van der Waals surface area contributed by atoms with Crippen LogP contribution in [0, 0.1) is 0 Å². The highest BCUT2D eigenvalue weighted by atomic mass is 79.9. The Balaban J connectivity index is 2.92. The van der Waals surface area contributed by atoms with E-state index in [-0.39, 0.29) is 11.3 Å². The minimum absolute atomic E-state index is 0.0150. The number of hydrogen-bond acceptors (Lipinski definition) is 1. The van der Waals surface area contributed by atoms with Crippen LogP contribution in [0.15, 0.2) is 22.7 Å². The lowest BCUT2D eigenvalue weighted by Gasteiger charge is -2.23. The van der Waals surface area contributed by atoms with Gasteiger partial charge in [-0.3, -0.25) is 4.79 Å². The average Bonchev–Trinajstić information content (AvgIpc) is 2.27. The van der Waals surface area contributed by atoms with E-state index in [2.05, 4.69) is 48.1 Å². The van der Waals surface area contributed by atoms with Gasteiger partial charge in [0.05, 0.1) is 0 Å². The monoisotopic (exact) mass is 331 g/mol. The highest BCUT2D eigenvalue weighted by Crippen LogP contribution is 2.32. The Morgan fingerprint density at radius 3 is 2.61 bits per heavy atom. The molecule has 0 atom stereocenters. The Hall–Kier alpha value is -0.540. The first-order chi connectivity index (χ1) is 8.34. The van der Waals surface area contributed by atoms with Gasteiger partial charge in [-0.1, -0.05) is 36.7 Å². The van der Waals surface area contributed by atoms with Crippen LogP contribution in [0.1, 0.15) is 39.2 Å². The molecular weight excluding hydrogens is 314 g/mol. The number of hydrogen-bond donors (Lipinski definition) is 1. The Bertz CT molecular complexity index is 426. The first kappa shape index (κ1) is 15.5. The number of halogens is 2. The van der Waals surface area contributed by atoms with Gasteiger partial charge < -0.3 is 5.32 Å². The van der Waals surface area contributed by atoms with Gasteiger partial charge in [-0.25, -0.2) is 0 Å². The lowest BCUT2D eigenvalue weighted by atomic mass is 9.86. The molecule has 0 radical (unpaired) electrons. The zero-order valence-electron chi connectivity index (χ0n) is 11.0. The predicted molar refractivity (Wildman–Crippen MR) is 81.4 cm³/mol. The second-order valence-electron chi connectivity index (χ2n) is 5.28. The van der Waals surface area contributed by atoms with Gasteiger partial charge in [0, 0.05) is 22.5 Å². The normalized spacial score (nSPS) is 11.4. The van der Waals surface area contributed by atoms with E-state index in [9.17, 15) is 4.79 Å². The molecule has 0 aliphatic heterocycles. The van der Waals surface area contributed by atoms with Crippen molar-refractivity contribution in [1.29, 1.82) is 0 Å². The van der Waals surface area contributed by atoms with E-state index in [1.807, 2.05) is 12.1 Å². The summed E-state index contributed by atoms with van der Waals surface area (Å²) in [4.78, 5) is 11.8. The largest absolute Gasteiger partial charge is 0.326 e. The van der Waals surface area contributed by atoms with Crippen LogP contribution in [-0.4, -0.2) is 11.8 Å². The molecule has 0 unspecified atom stereocenters. The van der Waals surface area contributed by atoms with Gasteiger partial charge >= 0.3 is 0 Å². The van der Waals surface area contributed by atoms with Gasteiger partial charge in [-0.05, 0) is 35.6 Å². The van der Waals surface area contributed by atoms with Crippen molar-refractivity contribution in [2.75, 3.05) is 11.2 Å². The summed E-state index contributed by atoms with van der Waals surface area (Å²) >= 11 is 9.05.